The summed E-state index contributed by atoms with van der Waals surface area (Å²) in [6.07, 6.45) is -0.879. The summed E-state index contributed by atoms with van der Waals surface area (Å²) in [5.41, 5.74) is 16.0. The molecular formula is C11H17N3O4. The molecule has 0 unspecified atom stereocenters. The van der Waals surface area contributed by atoms with Crippen molar-refractivity contribution in [3.8, 4) is 0 Å². The molecule has 0 heterocycles. The van der Waals surface area contributed by atoms with Crippen LogP contribution in [0.5, 0.6) is 0 Å². The molecule has 0 saturated heterocycles. The summed E-state index contributed by atoms with van der Waals surface area (Å²) in [5.74, 6) is -0.467. The average molecular weight is 255 g/mol. The summed E-state index contributed by atoms with van der Waals surface area (Å²) in [5, 5.41) is 16.0. The van der Waals surface area contributed by atoms with Gasteiger partial charge in [0.05, 0.1) is 6.61 Å². The van der Waals surface area contributed by atoms with E-state index in [0.29, 0.717) is 12.0 Å². The van der Waals surface area contributed by atoms with Gasteiger partial charge in [-0.15, -0.1) is 0 Å². The molecule has 0 spiro atoms. The third kappa shape index (κ3) is 6.46. The molecule has 7 nitrogen and oxygen atoms in total. The summed E-state index contributed by atoms with van der Waals surface area (Å²) in [7, 11) is 0. The molecule has 100 valence electrons. The van der Waals surface area contributed by atoms with Crippen molar-refractivity contribution < 1.29 is 19.8 Å². The minimum atomic E-state index is -1.33. The third-order valence-electron chi connectivity index (χ3n) is 2.00. The minimum Gasteiger partial charge on any atom is -0.465 e. The van der Waals surface area contributed by atoms with Crippen molar-refractivity contribution in [3.05, 3.63) is 35.4 Å². The molecule has 0 radical (unpaired) electrons. The fourth-order valence-electron chi connectivity index (χ4n) is 1.29. The van der Waals surface area contributed by atoms with Crippen molar-refractivity contribution in [2.24, 2.45) is 17.2 Å². The number of hydrogen-bond acceptors (Lipinski definition) is 4. The zero-order valence-corrected chi connectivity index (χ0v) is 9.74. The molecule has 1 rings (SSSR count). The highest BCUT2D eigenvalue weighted by atomic mass is 16.4. The van der Waals surface area contributed by atoms with Crippen molar-refractivity contribution in [3.63, 3.8) is 0 Å². The van der Waals surface area contributed by atoms with Crippen LogP contribution < -0.4 is 17.2 Å². The summed E-state index contributed by atoms with van der Waals surface area (Å²) >= 11 is 0. The lowest BCUT2D eigenvalue weighted by molar-refractivity contribution is 0.0999. The van der Waals surface area contributed by atoms with Gasteiger partial charge < -0.3 is 27.4 Å². The summed E-state index contributed by atoms with van der Waals surface area (Å²) in [4.78, 5) is 19.8. The first-order valence-corrected chi connectivity index (χ1v) is 5.11. The fourth-order valence-corrected chi connectivity index (χ4v) is 1.29. The highest BCUT2D eigenvalue weighted by Gasteiger charge is 2.09. The Kier molecular flexibility index (Phi) is 7.10. The van der Waals surface area contributed by atoms with Crippen LogP contribution in [0.2, 0.25) is 0 Å². The van der Waals surface area contributed by atoms with Gasteiger partial charge in [-0.3, -0.25) is 4.79 Å². The number of carbonyl (C=O) groups is 2. The van der Waals surface area contributed by atoms with Crippen LogP contribution in [0.3, 0.4) is 0 Å². The Morgan fingerprint density at radius 2 is 1.72 bits per heavy atom. The lowest BCUT2D eigenvalue weighted by Crippen LogP contribution is -2.28. The number of amides is 2. The predicted molar refractivity (Wildman–Crippen MR) is 65.9 cm³/mol. The van der Waals surface area contributed by atoms with E-state index in [1.807, 2.05) is 6.07 Å². The van der Waals surface area contributed by atoms with E-state index in [0.717, 1.165) is 5.56 Å². The number of aliphatic hydroxyl groups is 1. The van der Waals surface area contributed by atoms with E-state index < -0.39 is 12.0 Å². The summed E-state index contributed by atoms with van der Waals surface area (Å²) in [6, 6.07) is 6.65. The monoisotopic (exact) mass is 255 g/mol. The molecule has 0 aliphatic carbocycles. The molecule has 0 fully saturated rings. The van der Waals surface area contributed by atoms with Crippen LogP contribution in [-0.4, -0.2) is 34.9 Å². The van der Waals surface area contributed by atoms with E-state index in [-0.39, 0.29) is 12.6 Å². The summed E-state index contributed by atoms with van der Waals surface area (Å²) < 4.78 is 0. The van der Waals surface area contributed by atoms with E-state index in [9.17, 15) is 4.79 Å². The van der Waals surface area contributed by atoms with Gasteiger partial charge in [0, 0.05) is 11.6 Å². The molecule has 2 amide bonds. The van der Waals surface area contributed by atoms with Gasteiger partial charge in [0.1, 0.15) is 0 Å². The molecule has 0 aliphatic rings. The average Bonchev–Trinajstić information content (AvgIpc) is 2.28. The molecule has 1 aromatic carbocycles. The minimum absolute atomic E-state index is 0.104. The Labute approximate surface area is 104 Å². The molecule has 0 saturated carbocycles. The maximum absolute atomic E-state index is 11.0. The normalized spacial score (nSPS) is 11.0. The second-order valence-electron chi connectivity index (χ2n) is 3.51. The standard InChI is InChI=1S/C10H14N2O2.CH3NO2/c11-8(6-13)5-7-3-1-2-4-9(7)10(12)14;2-1(3)4/h1-4,8,13H,5-6,11H2,(H2,12,14);2H2,(H,3,4)/t8-;/m1./s1. The number of hydrogen-bond donors (Lipinski definition) is 5. The van der Waals surface area contributed by atoms with Gasteiger partial charge in [0.25, 0.3) is 0 Å². The van der Waals surface area contributed by atoms with Crippen LogP contribution in [-0.2, 0) is 6.42 Å². The topological polar surface area (TPSA) is 153 Å². The summed E-state index contributed by atoms with van der Waals surface area (Å²) in [6.45, 7) is -0.104. The van der Waals surface area contributed by atoms with E-state index >= 15 is 0 Å². The number of aliphatic hydroxyl groups excluding tert-OH is 1. The number of nitrogens with two attached hydrogens (primary N) is 3. The van der Waals surface area contributed by atoms with Gasteiger partial charge in [0.2, 0.25) is 5.91 Å². The Morgan fingerprint density at radius 3 is 2.17 bits per heavy atom. The van der Waals surface area contributed by atoms with Crippen molar-refractivity contribution in [1.82, 2.24) is 0 Å². The first kappa shape index (κ1) is 15.9. The van der Waals surface area contributed by atoms with Gasteiger partial charge in [0.15, 0.2) is 0 Å². The first-order valence-electron chi connectivity index (χ1n) is 5.11. The van der Waals surface area contributed by atoms with E-state index in [2.05, 4.69) is 5.73 Å². The van der Waals surface area contributed by atoms with Crippen molar-refractivity contribution >= 4 is 12.0 Å². The van der Waals surface area contributed by atoms with E-state index in [4.69, 9.17) is 26.5 Å². The highest BCUT2D eigenvalue weighted by Crippen LogP contribution is 2.09. The molecule has 8 N–H and O–H groups in total. The van der Waals surface area contributed by atoms with Crippen LogP contribution >= 0.6 is 0 Å². The van der Waals surface area contributed by atoms with E-state index in [1.165, 1.54) is 0 Å². The van der Waals surface area contributed by atoms with Crippen molar-refractivity contribution in [2.45, 2.75) is 12.5 Å². The number of carboxylic acid groups (broad SMARTS) is 1. The molecule has 1 aromatic rings. The van der Waals surface area contributed by atoms with Crippen molar-refractivity contribution in [2.75, 3.05) is 6.61 Å². The molecule has 0 aliphatic heterocycles. The van der Waals surface area contributed by atoms with Gasteiger partial charge >= 0.3 is 6.09 Å². The quantitative estimate of drug-likeness (QED) is 0.480. The lowest BCUT2D eigenvalue weighted by Gasteiger charge is -2.10. The Morgan fingerprint density at radius 1 is 1.22 bits per heavy atom. The van der Waals surface area contributed by atoms with Gasteiger partial charge in [-0.05, 0) is 18.1 Å². The molecule has 0 bridgehead atoms. The maximum atomic E-state index is 11.0. The Hall–Kier alpha value is -2.12. The Balaban J connectivity index is 0.000000631. The second kappa shape index (κ2) is 8.04. The number of rotatable bonds is 4. The number of carbonyl (C=O) groups excluding carboxylic acids is 1. The van der Waals surface area contributed by atoms with Crippen LogP contribution in [0.15, 0.2) is 24.3 Å². The van der Waals surface area contributed by atoms with Crippen LogP contribution in [0, 0.1) is 0 Å². The fraction of sp³-hybridized carbons (Fsp3) is 0.273. The van der Waals surface area contributed by atoms with Crippen LogP contribution in [0.25, 0.3) is 0 Å². The van der Waals surface area contributed by atoms with E-state index in [1.54, 1.807) is 18.2 Å². The highest BCUT2D eigenvalue weighted by molar-refractivity contribution is 5.94. The van der Waals surface area contributed by atoms with Crippen LogP contribution in [0.4, 0.5) is 4.79 Å². The second-order valence-corrected chi connectivity index (χ2v) is 3.51. The SMILES string of the molecule is NC(=O)O.NC(=O)c1ccccc1C[C@@H](N)CO. The number of primary amides is 2. The van der Waals surface area contributed by atoms with Gasteiger partial charge in [-0.2, -0.15) is 0 Å². The molecular weight excluding hydrogens is 238 g/mol. The molecule has 1 atom stereocenters. The third-order valence-corrected chi connectivity index (χ3v) is 2.00. The first-order chi connectivity index (χ1) is 8.38. The maximum Gasteiger partial charge on any atom is 0.402 e. The zero-order valence-electron chi connectivity index (χ0n) is 9.74. The van der Waals surface area contributed by atoms with Gasteiger partial charge in [-0.25, -0.2) is 4.79 Å². The zero-order chi connectivity index (χ0) is 14.1. The smallest absolute Gasteiger partial charge is 0.402 e. The molecule has 7 heteroatoms. The van der Waals surface area contributed by atoms with Gasteiger partial charge in [-0.1, -0.05) is 18.2 Å². The predicted octanol–water partition coefficient (Wildman–Crippen LogP) is -0.729. The largest absolute Gasteiger partial charge is 0.465 e. The Bertz CT molecular complexity index is 405. The molecule has 18 heavy (non-hydrogen) atoms. The van der Waals surface area contributed by atoms with Crippen molar-refractivity contribution in [1.29, 1.82) is 0 Å². The number of benzene rings is 1. The van der Waals surface area contributed by atoms with Crippen LogP contribution in [0.1, 0.15) is 15.9 Å². The molecule has 0 aromatic heterocycles. The lowest BCUT2D eigenvalue weighted by atomic mass is 10.0.